The van der Waals surface area contributed by atoms with Gasteiger partial charge in [-0.1, -0.05) is 34.8 Å². The lowest BCUT2D eigenvalue weighted by Gasteiger charge is -2.09. The van der Waals surface area contributed by atoms with Crippen molar-refractivity contribution in [2.75, 3.05) is 5.32 Å². The summed E-state index contributed by atoms with van der Waals surface area (Å²) in [4.78, 5) is 0. The number of nitrogens with zero attached hydrogens (tertiary/aromatic N) is 2. The van der Waals surface area contributed by atoms with E-state index in [-0.39, 0.29) is 0 Å². The third-order valence-electron chi connectivity index (χ3n) is 2.64. The smallest absolute Gasteiger partial charge is 0.0865 e. The number of benzene rings is 1. The van der Waals surface area contributed by atoms with Crippen molar-refractivity contribution in [1.82, 2.24) is 9.78 Å². The minimum Gasteiger partial charge on any atom is -0.378 e. The molecule has 1 heterocycles. The molecule has 3 nitrogen and oxygen atoms in total. The van der Waals surface area contributed by atoms with Gasteiger partial charge in [0.05, 0.1) is 33.7 Å². The number of aryl methyl sites for hydroxylation is 2. The van der Waals surface area contributed by atoms with Crippen LogP contribution in [0, 0.1) is 6.92 Å². The SMILES string of the molecule is Cc1nn(C)c(CNc2ccc(Cl)cc2Cl)c1Cl. The van der Waals surface area contributed by atoms with Crippen LogP contribution in [-0.4, -0.2) is 9.78 Å². The van der Waals surface area contributed by atoms with Crippen molar-refractivity contribution in [2.45, 2.75) is 13.5 Å². The summed E-state index contributed by atoms with van der Waals surface area (Å²) in [6.07, 6.45) is 0. The number of hydrogen-bond acceptors (Lipinski definition) is 2. The van der Waals surface area contributed by atoms with E-state index in [2.05, 4.69) is 10.4 Å². The molecule has 0 saturated carbocycles. The van der Waals surface area contributed by atoms with Gasteiger partial charge < -0.3 is 5.32 Å². The molecule has 0 fully saturated rings. The molecule has 96 valence electrons. The number of halogens is 3. The Morgan fingerprint density at radius 2 is 2.00 bits per heavy atom. The summed E-state index contributed by atoms with van der Waals surface area (Å²) >= 11 is 18.1. The van der Waals surface area contributed by atoms with Crippen LogP contribution in [0.25, 0.3) is 0 Å². The van der Waals surface area contributed by atoms with E-state index in [0.717, 1.165) is 17.1 Å². The Morgan fingerprint density at radius 1 is 1.28 bits per heavy atom. The molecule has 18 heavy (non-hydrogen) atoms. The highest BCUT2D eigenvalue weighted by atomic mass is 35.5. The van der Waals surface area contributed by atoms with Crippen LogP contribution in [0.2, 0.25) is 15.1 Å². The monoisotopic (exact) mass is 303 g/mol. The molecule has 1 aromatic heterocycles. The summed E-state index contributed by atoms with van der Waals surface area (Å²) < 4.78 is 1.76. The minimum atomic E-state index is 0.553. The molecule has 0 bridgehead atoms. The maximum Gasteiger partial charge on any atom is 0.0865 e. The lowest BCUT2D eigenvalue weighted by atomic mass is 10.3. The summed E-state index contributed by atoms with van der Waals surface area (Å²) in [6, 6.07) is 5.31. The van der Waals surface area contributed by atoms with Crippen LogP contribution in [0.3, 0.4) is 0 Å². The van der Waals surface area contributed by atoms with Gasteiger partial charge in [0.1, 0.15) is 0 Å². The van der Waals surface area contributed by atoms with Gasteiger partial charge >= 0.3 is 0 Å². The van der Waals surface area contributed by atoms with E-state index in [1.165, 1.54) is 0 Å². The standard InChI is InChI=1S/C12H12Cl3N3/c1-7-12(15)11(18(2)17-7)6-16-10-4-3-8(13)5-9(10)14/h3-5,16H,6H2,1-2H3. The molecule has 1 aromatic carbocycles. The van der Waals surface area contributed by atoms with Crippen LogP contribution < -0.4 is 5.32 Å². The molecule has 0 amide bonds. The lowest BCUT2D eigenvalue weighted by Crippen LogP contribution is -2.06. The summed E-state index contributed by atoms with van der Waals surface area (Å²) in [5.74, 6) is 0. The highest BCUT2D eigenvalue weighted by Crippen LogP contribution is 2.27. The second kappa shape index (κ2) is 5.39. The van der Waals surface area contributed by atoms with Crippen LogP contribution >= 0.6 is 34.8 Å². The molecule has 0 aliphatic carbocycles. The average molecular weight is 305 g/mol. The first-order valence-electron chi connectivity index (χ1n) is 5.36. The predicted octanol–water partition coefficient (Wildman–Crippen LogP) is 4.30. The van der Waals surface area contributed by atoms with Gasteiger partial charge in [-0.3, -0.25) is 4.68 Å². The quantitative estimate of drug-likeness (QED) is 0.916. The molecule has 2 rings (SSSR count). The molecule has 1 N–H and O–H groups in total. The Labute approximate surface area is 121 Å². The number of rotatable bonds is 3. The van der Waals surface area contributed by atoms with Crippen LogP contribution in [0.5, 0.6) is 0 Å². The molecule has 0 atom stereocenters. The van der Waals surface area contributed by atoms with Crippen molar-refractivity contribution in [1.29, 1.82) is 0 Å². The highest BCUT2D eigenvalue weighted by molar-refractivity contribution is 6.36. The van der Waals surface area contributed by atoms with Crippen LogP contribution in [0.15, 0.2) is 18.2 Å². The summed E-state index contributed by atoms with van der Waals surface area (Å²) in [5, 5.41) is 9.33. The third kappa shape index (κ3) is 2.74. The fourth-order valence-electron chi connectivity index (χ4n) is 1.68. The summed E-state index contributed by atoms with van der Waals surface area (Å²) in [6.45, 7) is 2.43. The number of aromatic nitrogens is 2. The number of anilines is 1. The fourth-order valence-corrected chi connectivity index (χ4v) is 2.39. The van der Waals surface area contributed by atoms with E-state index in [9.17, 15) is 0 Å². The number of nitrogens with one attached hydrogen (secondary N) is 1. The first-order valence-corrected chi connectivity index (χ1v) is 6.49. The largest absolute Gasteiger partial charge is 0.378 e. The van der Waals surface area contributed by atoms with Gasteiger partial charge in [0, 0.05) is 12.1 Å². The van der Waals surface area contributed by atoms with E-state index in [1.807, 2.05) is 20.0 Å². The van der Waals surface area contributed by atoms with E-state index >= 15 is 0 Å². The molecule has 0 spiro atoms. The zero-order valence-electron chi connectivity index (χ0n) is 9.97. The summed E-state index contributed by atoms with van der Waals surface area (Å²) in [5.41, 5.74) is 2.55. The normalized spacial score (nSPS) is 10.7. The molecule has 0 radical (unpaired) electrons. The average Bonchev–Trinajstić information content (AvgIpc) is 2.53. The Hall–Kier alpha value is -0.900. The van der Waals surface area contributed by atoms with Crippen molar-refractivity contribution < 1.29 is 0 Å². The summed E-state index contributed by atoms with van der Waals surface area (Å²) in [7, 11) is 1.86. The van der Waals surface area contributed by atoms with Gasteiger partial charge in [-0.15, -0.1) is 0 Å². The van der Waals surface area contributed by atoms with Crippen molar-refractivity contribution in [2.24, 2.45) is 7.05 Å². The van der Waals surface area contributed by atoms with E-state index < -0.39 is 0 Å². The van der Waals surface area contributed by atoms with Crippen molar-refractivity contribution >= 4 is 40.5 Å². The molecular weight excluding hydrogens is 293 g/mol. The van der Waals surface area contributed by atoms with E-state index in [1.54, 1.807) is 16.8 Å². The van der Waals surface area contributed by atoms with Gasteiger partial charge in [0.15, 0.2) is 0 Å². The minimum absolute atomic E-state index is 0.553. The second-order valence-electron chi connectivity index (χ2n) is 3.95. The van der Waals surface area contributed by atoms with Crippen LogP contribution in [-0.2, 0) is 13.6 Å². The molecule has 0 aliphatic heterocycles. The Kier molecular flexibility index (Phi) is 4.05. The molecule has 0 saturated heterocycles. The van der Waals surface area contributed by atoms with Gasteiger partial charge in [-0.25, -0.2) is 0 Å². The molecule has 6 heteroatoms. The molecule has 0 unspecified atom stereocenters. The Balaban J connectivity index is 2.16. The third-order valence-corrected chi connectivity index (χ3v) is 3.68. The van der Waals surface area contributed by atoms with Gasteiger partial charge in [0.25, 0.3) is 0 Å². The fraction of sp³-hybridized carbons (Fsp3) is 0.250. The van der Waals surface area contributed by atoms with Gasteiger partial charge in [-0.05, 0) is 25.1 Å². The van der Waals surface area contributed by atoms with E-state index in [4.69, 9.17) is 34.8 Å². The molecule has 0 aliphatic rings. The topological polar surface area (TPSA) is 29.9 Å². The first-order chi connectivity index (χ1) is 8.49. The van der Waals surface area contributed by atoms with E-state index in [0.29, 0.717) is 21.6 Å². The predicted molar refractivity (Wildman–Crippen MR) is 76.7 cm³/mol. The van der Waals surface area contributed by atoms with Crippen LogP contribution in [0.4, 0.5) is 5.69 Å². The van der Waals surface area contributed by atoms with Crippen LogP contribution in [0.1, 0.15) is 11.4 Å². The zero-order valence-corrected chi connectivity index (χ0v) is 12.2. The zero-order chi connectivity index (χ0) is 13.3. The number of hydrogen-bond donors (Lipinski definition) is 1. The van der Waals surface area contributed by atoms with Crippen molar-refractivity contribution in [3.8, 4) is 0 Å². The highest BCUT2D eigenvalue weighted by Gasteiger charge is 2.11. The Bertz CT molecular complexity index is 578. The van der Waals surface area contributed by atoms with Crippen molar-refractivity contribution in [3.05, 3.63) is 44.7 Å². The van der Waals surface area contributed by atoms with Gasteiger partial charge in [-0.2, -0.15) is 5.10 Å². The Morgan fingerprint density at radius 3 is 2.56 bits per heavy atom. The maximum absolute atomic E-state index is 6.17. The maximum atomic E-state index is 6.17. The van der Waals surface area contributed by atoms with Crippen molar-refractivity contribution in [3.63, 3.8) is 0 Å². The van der Waals surface area contributed by atoms with Gasteiger partial charge in [0.2, 0.25) is 0 Å². The lowest BCUT2D eigenvalue weighted by molar-refractivity contribution is 0.713. The molecule has 2 aromatic rings. The second-order valence-corrected chi connectivity index (χ2v) is 5.17. The first kappa shape index (κ1) is 13.5. The molecular formula is C12H12Cl3N3.